The van der Waals surface area contributed by atoms with E-state index in [1.807, 2.05) is 44.1 Å². The van der Waals surface area contributed by atoms with Gasteiger partial charge in [-0.3, -0.25) is 4.99 Å². The van der Waals surface area contributed by atoms with Gasteiger partial charge in [-0.25, -0.2) is 4.98 Å². The number of rotatable bonds is 4. The number of imidazole rings is 1. The Bertz CT molecular complexity index is 615. The minimum absolute atomic E-state index is 0.817. The lowest BCUT2D eigenvalue weighted by Crippen LogP contribution is -2.35. The van der Waals surface area contributed by atoms with Crippen LogP contribution in [-0.4, -0.2) is 60.0 Å². The summed E-state index contributed by atoms with van der Waals surface area (Å²) < 4.78 is 2.27. The molecule has 0 fully saturated rings. The van der Waals surface area contributed by atoms with Gasteiger partial charge >= 0.3 is 0 Å². The van der Waals surface area contributed by atoms with Gasteiger partial charge in [-0.2, -0.15) is 0 Å². The van der Waals surface area contributed by atoms with E-state index in [1.165, 1.54) is 5.52 Å². The van der Waals surface area contributed by atoms with Crippen LogP contribution in [0, 0.1) is 6.92 Å². The molecule has 21 heavy (non-hydrogen) atoms. The number of hydrogen-bond donors (Lipinski definition) is 0. The van der Waals surface area contributed by atoms with Crippen molar-refractivity contribution >= 4 is 17.0 Å². The molecule has 0 atom stereocenters. The molecule has 1 aromatic heterocycles. The van der Waals surface area contributed by atoms with Crippen LogP contribution in [0.3, 0.4) is 0 Å². The number of aromatic nitrogens is 2. The Morgan fingerprint density at radius 2 is 1.81 bits per heavy atom. The highest BCUT2D eigenvalue weighted by atomic mass is 15.3. The molecule has 0 saturated carbocycles. The van der Waals surface area contributed by atoms with Crippen LogP contribution in [0.4, 0.5) is 0 Å². The number of nitrogens with zero attached hydrogens (tertiary/aromatic N) is 5. The molecule has 0 aliphatic carbocycles. The summed E-state index contributed by atoms with van der Waals surface area (Å²) in [6.07, 6.45) is 1.01. The normalized spacial score (nSPS) is 10.7. The molecule has 0 aliphatic heterocycles. The third kappa shape index (κ3) is 3.54. The first kappa shape index (κ1) is 15.4. The molecule has 2 rings (SSSR count). The van der Waals surface area contributed by atoms with Crippen LogP contribution < -0.4 is 0 Å². The highest BCUT2D eigenvalue weighted by Crippen LogP contribution is 2.15. The van der Waals surface area contributed by atoms with Crippen molar-refractivity contribution in [3.8, 4) is 0 Å². The van der Waals surface area contributed by atoms with Gasteiger partial charge in [-0.1, -0.05) is 12.1 Å². The molecule has 2 aromatic rings. The van der Waals surface area contributed by atoms with Crippen molar-refractivity contribution in [2.45, 2.75) is 19.9 Å². The van der Waals surface area contributed by atoms with Crippen molar-refractivity contribution in [1.82, 2.24) is 19.4 Å². The Balaban J connectivity index is 2.03. The fourth-order valence-corrected chi connectivity index (χ4v) is 2.57. The third-order valence-electron chi connectivity index (χ3n) is 3.44. The lowest BCUT2D eigenvalue weighted by molar-refractivity contribution is 0.477. The Hall–Kier alpha value is -2.04. The van der Waals surface area contributed by atoms with Gasteiger partial charge in [0.15, 0.2) is 5.96 Å². The van der Waals surface area contributed by atoms with Gasteiger partial charge in [-0.05, 0) is 25.5 Å². The van der Waals surface area contributed by atoms with Crippen molar-refractivity contribution in [2.75, 3.05) is 34.7 Å². The molecule has 0 aliphatic rings. The summed E-state index contributed by atoms with van der Waals surface area (Å²) in [5, 5.41) is 0. The molecule has 1 heterocycles. The maximum atomic E-state index is 4.67. The van der Waals surface area contributed by atoms with Crippen LogP contribution in [0.15, 0.2) is 29.3 Å². The van der Waals surface area contributed by atoms with E-state index in [0.29, 0.717) is 0 Å². The summed E-state index contributed by atoms with van der Waals surface area (Å²) in [6.45, 7) is 3.83. The van der Waals surface area contributed by atoms with Crippen LogP contribution in [0.2, 0.25) is 0 Å². The summed E-state index contributed by atoms with van der Waals surface area (Å²) in [5.41, 5.74) is 2.28. The maximum Gasteiger partial charge on any atom is 0.195 e. The van der Waals surface area contributed by atoms with Gasteiger partial charge < -0.3 is 14.4 Å². The van der Waals surface area contributed by atoms with E-state index in [1.54, 1.807) is 0 Å². The molecule has 0 N–H and O–H groups in total. The Morgan fingerprint density at radius 1 is 1.14 bits per heavy atom. The van der Waals surface area contributed by atoms with Crippen LogP contribution in [0.1, 0.15) is 12.2 Å². The molecule has 0 spiro atoms. The molecule has 114 valence electrons. The summed E-state index contributed by atoms with van der Waals surface area (Å²) in [5.74, 6) is 2.07. The summed E-state index contributed by atoms with van der Waals surface area (Å²) >= 11 is 0. The second-order valence-corrected chi connectivity index (χ2v) is 5.62. The zero-order valence-electron chi connectivity index (χ0n) is 13.7. The van der Waals surface area contributed by atoms with Crippen LogP contribution >= 0.6 is 0 Å². The molecule has 0 bridgehead atoms. The van der Waals surface area contributed by atoms with Gasteiger partial charge in [0.25, 0.3) is 0 Å². The van der Waals surface area contributed by atoms with Gasteiger partial charge in [0.2, 0.25) is 0 Å². The highest BCUT2D eigenvalue weighted by molar-refractivity contribution is 5.79. The molecule has 5 heteroatoms. The largest absolute Gasteiger partial charge is 0.349 e. The zero-order valence-corrected chi connectivity index (χ0v) is 13.7. The van der Waals surface area contributed by atoms with Crippen molar-refractivity contribution < 1.29 is 0 Å². The number of aryl methyl sites for hydroxylation is 2. The fraction of sp³-hybridized carbons (Fsp3) is 0.500. The monoisotopic (exact) mass is 287 g/mol. The van der Waals surface area contributed by atoms with E-state index in [2.05, 4.69) is 39.7 Å². The lowest BCUT2D eigenvalue weighted by Gasteiger charge is -2.22. The predicted molar refractivity (Wildman–Crippen MR) is 88.8 cm³/mol. The van der Waals surface area contributed by atoms with Gasteiger partial charge in [-0.15, -0.1) is 0 Å². The molecule has 0 radical (unpaired) electrons. The van der Waals surface area contributed by atoms with Crippen LogP contribution in [-0.2, 0) is 6.54 Å². The van der Waals surface area contributed by atoms with Gasteiger partial charge in [0, 0.05) is 41.3 Å². The fourth-order valence-electron chi connectivity index (χ4n) is 2.57. The van der Waals surface area contributed by atoms with Crippen molar-refractivity contribution in [3.05, 3.63) is 30.1 Å². The van der Waals surface area contributed by atoms with E-state index in [0.717, 1.165) is 36.8 Å². The van der Waals surface area contributed by atoms with Crippen molar-refractivity contribution in [3.63, 3.8) is 0 Å². The molecular weight excluding hydrogens is 262 g/mol. The Kier molecular flexibility index (Phi) is 4.83. The smallest absolute Gasteiger partial charge is 0.195 e. The van der Waals surface area contributed by atoms with E-state index in [9.17, 15) is 0 Å². The number of aliphatic imine (C=N–C) groups is 1. The topological polar surface area (TPSA) is 36.7 Å². The third-order valence-corrected chi connectivity index (χ3v) is 3.44. The van der Waals surface area contributed by atoms with Crippen molar-refractivity contribution in [2.24, 2.45) is 4.99 Å². The second kappa shape index (κ2) is 6.61. The SMILES string of the molecule is Cc1nc2ccccc2n1CCCN=C(N(C)C)N(C)C. The quantitative estimate of drug-likeness (QED) is 0.491. The van der Waals surface area contributed by atoms with Gasteiger partial charge in [0.05, 0.1) is 11.0 Å². The number of para-hydroxylation sites is 2. The van der Waals surface area contributed by atoms with Crippen molar-refractivity contribution in [1.29, 1.82) is 0 Å². The Morgan fingerprint density at radius 3 is 2.48 bits per heavy atom. The number of hydrogen-bond acceptors (Lipinski definition) is 2. The van der Waals surface area contributed by atoms with E-state index in [-0.39, 0.29) is 0 Å². The first-order valence-corrected chi connectivity index (χ1v) is 7.31. The summed E-state index contributed by atoms with van der Waals surface area (Å²) in [6, 6.07) is 8.29. The highest BCUT2D eigenvalue weighted by Gasteiger charge is 2.06. The average molecular weight is 287 g/mol. The molecule has 1 aromatic carbocycles. The molecule has 0 amide bonds. The molecule has 0 unspecified atom stereocenters. The zero-order chi connectivity index (χ0) is 15.4. The second-order valence-electron chi connectivity index (χ2n) is 5.62. The number of fused-ring (bicyclic) bond motifs is 1. The first-order chi connectivity index (χ1) is 10.0. The van der Waals surface area contributed by atoms with Crippen LogP contribution in [0.25, 0.3) is 11.0 Å². The molecule has 5 nitrogen and oxygen atoms in total. The standard InChI is InChI=1S/C16H25N5/c1-13-18-14-9-6-7-10-15(14)21(13)12-8-11-17-16(19(2)3)20(4)5/h6-7,9-10H,8,11-12H2,1-5H3. The summed E-state index contributed by atoms with van der Waals surface area (Å²) in [7, 11) is 8.08. The maximum absolute atomic E-state index is 4.67. The first-order valence-electron chi connectivity index (χ1n) is 7.31. The van der Waals surface area contributed by atoms with E-state index in [4.69, 9.17) is 0 Å². The van der Waals surface area contributed by atoms with E-state index >= 15 is 0 Å². The molecular formula is C16H25N5. The number of guanidine groups is 1. The Labute approximate surface area is 126 Å². The average Bonchev–Trinajstić information content (AvgIpc) is 2.73. The number of benzene rings is 1. The van der Waals surface area contributed by atoms with E-state index < -0.39 is 0 Å². The van der Waals surface area contributed by atoms with Crippen LogP contribution in [0.5, 0.6) is 0 Å². The lowest BCUT2D eigenvalue weighted by atomic mass is 10.3. The summed E-state index contributed by atoms with van der Waals surface area (Å²) in [4.78, 5) is 13.3. The molecule has 0 saturated heterocycles. The van der Waals surface area contributed by atoms with Gasteiger partial charge in [0.1, 0.15) is 5.82 Å². The minimum Gasteiger partial charge on any atom is -0.349 e. The predicted octanol–water partition coefficient (Wildman–Crippen LogP) is 2.21. The minimum atomic E-state index is 0.817.